The van der Waals surface area contributed by atoms with Crippen molar-refractivity contribution in [1.82, 2.24) is 0 Å². The maximum Gasteiger partial charge on any atom is -0.0132 e. The monoisotopic (exact) mass is 262 g/mol. The average molecular weight is 262 g/mol. The Morgan fingerprint density at radius 2 is 1.60 bits per heavy atom. The molecule has 0 saturated heterocycles. The van der Waals surface area contributed by atoms with Crippen molar-refractivity contribution in [2.24, 2.45) is 0 Å². The normalized spacial score (nSPS) is 12.0. The maximum atomic E-state index is 2.30. The van der Waals surface area contributed by atoms with Crippen LogP contribution in [-0.2, 0) is 0 Å². The third kappa shape index (κ3) is 4.55. The number of hydrogen-bond donors (Lipinski definition) is 0. The van der Waals surface area contributed by atoms with Crippen LogP contribution in [0.1, 0.15) is 36.5 Å². The van der Waals surface area contributed by atoms with Crippen LogP contribution in [0.3, 0.4) is 0 Å². The molecule has 0 unspecified atom stereocenters. The SMILES string of the molecule is CC/C(=C\c1ccc(C)cc1)C/C=C/c1ccccc1. The van der Waals surface area contributed by atoms with Crippen molar-refractivity contribution in [3.8, 4) is 0 Å². The smallest absolute Gasteiger partial charge is 0.0132 e. The van der Waals surface area contributed by atoms with Gasteiger partial charge in [-0.25, -0.2) is 0 Å². The summed E-state index contributed by atoms with van der Waals surface area (Å²) in [6, 6.07) is 19.2. The molecule has 2 rings (SSSR count). The van der Waals surface area contributed by atoms with Gasteiger partial charge >= 0.3 is 0 Å². The summed E-state index contributed by atoms with van der Waals surface area (Å²) in [5.41, 5.74) is 5.32. The minimum atomic E-state index is 1.01. The van der Waals surface area contributed by atoms with E-state index in [0.29, 0.717) is 0 Å². The van der Waals surface area contributed by atoms with Gasteiger partial charge in [0, 0.05) is 0 Å². The van der Waals surface area contributed by atoms with Crippen molar-refractivity contribution >= 4 is 12.2 Å². The van der Waals surface area contributed by atoms with E-state index >= 15 is 0 Å². The molecule has 0 amide bonds. The molecule has 0 aliphatic rings. The molecule has 2 aromatic rings. The number of aryl methyl sites for hydroxylation is 1. The number of allylic oxidation sites excluding steroid dienone is 2. The first-order valence-electron chi connectivity index (χ1n) is 7.25. The van der Waals surface area contributed by atoms with E-state index in [1.54, 1.807) is 0 Å². The first kappa shape index (κ1) is 14.3. The van der Waals surface area contributed by atoms with Crippen LogP contribution >= 0.6 is 0 Å². The highest BCUT2D eigenvalue weighted by Crippen LogP contribution is 2.15. The van der Waals surface area contributed by atoms with Crippen LogP contribution in [0.4, 0.5) is 0 Å². The third-order valence-electron chi connectivity index (χ3n) is 3.39. The molecule has 0 bridgehead atoms. The summed E-state index contributed by atoms with van der Waals surface area (Å²) >= 11 is 0. The zero-order valence-electron chi connectivity index (χ0n) is 12.3. The lowest BCUT2D eigenvalue weighted by molar-refractivity contribution is 1.05. The molecule has 0 aliphatic carbocycles. The summed E-state index contributed by atoms with van der Waals surface area (Å²) in [4.78, 5) is 0. The molecule has 0 nitrogen and oxygen atoms in total. The van der Waals surface area contributed by atoms with Crippen LogP contribution in [0, 0.1) is 6.92 Å². The molecule has 20 heavy (non-hydrogen) atoms. The summed E-state index contributed by atoms with van der Waals surface area (Å²) in [5, 5.41) is 0. The molecule has 0 aromatic heterocycles. The molecule has 0 atom stereocenters. The first-order valence-corrected chi connectivity index (χ1v) is 7.25. The zero-order valence-corrected chi connectivity index (χ0v) is 12.3. The van der Waals surface area contributed by atoms with Crippen molar-refractivity contribution in [2.45, 2.75) is 26.7 Å². The lowest BCUT2D eigenvalue weighted by Gasteiger charge is -2.02. The average Bonchev–Trinajstić information content (AvgIpc) is 2.49. The van der Waals surface area contributed by atoms with E-state index in [4.69, 9.17) is 0 Å². The van der Waals surface area contributed by atoms with Gasteiger partial charge in [-0.3, -0.25) is 0 Å². The van der Waals surface area contributed by atoms with Gasteiger partial charge in [0.25, 0.3) is 0 Å². The topological polar surface area (TPSA) is 0 Å². The fourth-order valence-corrected chi connectivity index (χ4v) is 2.11. The largest absolute Gasteiger partial charge is 0.0799 e. The van der Waals surface area contributed by atoms with Gasteiger partial charge in [0.2, 0.25) is 0 Å². The summed E-state index contributed by atoms with van der Waals surface area (Å²) in [7, 11) is 0. The summed E-state index contributed by atoms with van der Waals surface area (Å²) < 4.78 is 0. The molecule has 0 N–H and O–H groups in total. The van der Waals surface area contributed by atoms with Crippen LogP contribution in [-0.4, -0.2) is 0 Å². The number of benzene rings is 2. The molecule has 102 valence electrons. The Morgan fingerprint density at radius 1 is 0.900 bits per heavy atom. The Balaban J connectivity index is 2.02. The second kappa shape index (κ2) is 7.49. The quantitative estimate of drug-likeness (QED) is 0.630. The Morgan fingerprint density at radius 3 is 2.25 bits per heavy atom. The Hall–Kier alpha value is -2.08. The van der Waals surface area contributed by atoms with E-state index in [2.05, 4.69) is 80.6 Å². The second-order valence-electron chi connectivity index (χ2n) is 5.08. The Bertz CT molecular complexity index is 571. The van der Waals surface area contributed by atoms with Gasteiger partial charge in [-0.1, -0.05) is 90.9 Å². The highest BCUT2D eigenvalue weighted by molar-refractivity contribution is 5.55. The molecule has 0 radical (unpaired) electrons. The van der Waals surface area contributed by atoms with Crippen molar-refractivity contribution < 1.29 is 0 Å². The van der Waals surface area contributed by atoms with Crippen molar-refractivity contribution in [2.75, 3.05) is 0 Å². The second-order valence-corrected chi connectivity index (χ2v) is 5.08. The molecule has 2 aromatic carbocycles. The van der Waals surface area contributed by atoms with Crippen molar-refractivity contribution in [3.05, 3.63) is 82.9 Å². The molecule has 0 saturated carbocycles. The first-order chi connectivity index (χ1) is 9.78. The Kier molecular flexibility index (Phi) is 5.37. The highest BCUT2D eigenvalue weighted by Gasteiger charge is 1.94. The van der Waals surface area contributed by atoms with E-state index in [9.17, 15) is 0 Å². The van der Waals surface area contributed by atoms with Gasteiger partial charge in [0.05, 0.1) is 0 Å². The van der Waals surface area contributed by atoms with Gasteiger partial charge in [-0.05, 0) is 30.9 Å². The zero-order chi connectivity index (χ0) is 14.2. The van der Waals surface area contributed by atoms with Crippen LogP contribution < -0.4 is 0 Å². The Labute approximate surface area is 122 Å². The predicted octanol–water partition coefficient (Wildman–Crippen LogP) is 5.89. The summed E-state index contributed by atoms with van der Waals surface area (Å²) in [6.45, 7) is 4.34. The van der Waals surface area contributed by atoms with Crippen molar-refractivity contribution in [3.63, 3.8) is 0 Å². The number of rotatable bonds is 5. The van der Waals surface area contributed by atoms with E-state index in [-0.39, 0.29) is 0 Å². The van der Waals surface area contributed by atoms with Gasteiger partial charge in [0.1, 0.15) is 0 Å². The lowest BCUT2D eigenvalue weighted by Crippen LogP contribution is -1.81. The predicted molar refractivity (Wildman–Crippen MR) is 89.5 cm³/mol. The van der Waals surface area contributed by atoms with E-state index in [1.807, 2.05) is 6.07 Å². The number of hydrogen-bond acceptors (Lipinski definition) is 0. The molecular weight excluding hydrogens is 240 g/mol. The van der Waals surface area contributed by atoms with Crippen molar-refractivity contribution in [1.29, 1.82) is 0 Å². The van der Waals surface area contributed by atoms with Crippen LogP contribution in [0.5, 0.6) is 0 Å². The van der Waals surface area contributed by atoms with E-state index in [0.717, 1.165) is 12.8 Å². The van der Waals surface area contributed by atoms with E-state index < -0.39 is 0 Å². The highest BCUT2D eigenvalue weighted by atomic mass is 14.0. The minimum absolute atomic E-state index is 1.01. The minimum Gasteiger partial charge on any atom is -0.0799 e. The van der Waals surface area contributed by atoms with Crippen LogP contribution in [0.2, 0.25) is 0 Å². The van der Waals surface area contributed by atoms with E-state index in [1.165, 1.54) is 22.3 Å². The molecule has 0 fully saturated rings. The molecule has 0 aliphatic heterocycles. The fourth-order valence-electron chi connectivity index (χ4n) is 2.11. The molecule has 0 heterocycles. The molecule has 0 heteroatoms. The molecular formula is C20H22. The summed E-state index contributed by atoms with van der Waals surface area (Å²) in [5.74, 6) is 0. The van der Waals surface area contributed by atoms with Gasteiger partial charge in [-0.2, -0.15) is 0 Å². The molecule has 0 spiro atoms. The van der Waals surface area contributed by atoms with Gasteiger partial charge < -0.3 is 0 Å². The standard InChI is InChI=1S/C20H22/c1-3-18(16-20-14-12-17(2)13-15-20)10-7-11-19-8-5-4-6-9-19/h4-9,11-16H,3,10H2,1-2H3/b11-7+,18-16+. The fraction of sp³-hybridized carbons (Fsp3) is 0.200. The maximum absolute atomic E-state index is 2.30. The van der Waals surface area contributed by atoms with Crippen LogP contribution in [0.25, 0.3) is 12.2 Å². The lowest BCUT2D eigenvalue weighted by atomic mass is 10.0. The van der Waals surface area contributed by atoms with Gasteiger partial charge in [0.15, 0.2) is 0 Å². The van der Waals surface area contributed by atoms with Gasteiger partial charge in [-0.15, -0.1) is 0 Å². The third-order valence-corrected chi connectivity index (χ3v) is 3.39. The van der Waals surface area contributed by atoms with Crippen LogP contribution in [0.15, 0.2) is 66.2 Å². The summed E-state index contributed by atoms with van der Waals surface area (Å²) in [6.07, 6.45) is 8.85.